The molecule has 1 aromatic rings. The second kappa shape index (κ2) is 5.35. The van der Waals surface area contributed by atoms with Crippen molar-refractivity contribution in [3.8, 4) is 5.75 Å². The van der Waals surface area contributed by atoms with E-state index in [1.165, 1.54) is 11.4 Å². The van der Waals surface area contributed by atoms with E-state index in [1.807, 2.05) is 13.0 Å². The van der Waals surface area contributed by atoms with Gasteiger partial charge in [-0.05, 0) is 44.4 Å². The van der Waals surface area contributed by atoms with Crippen LogP contribution in [0, 0.1) is 6.92 Å². The summed E-state index contributed by atoms with van der Waals surface area (Å²) in [6, 6.07) is 5.08. The molecule has 1 fully saturated rings. The fourth-order valence-corrected chi connectivity index (χ4v) is 4.34. The Kier molecular flexibility index (Phi) is 4.09. The molecule has 5 nitrogen and oxygen atoms in total. The van der Waals surface area contributed by atoms with Crippen LogP contribution in [0.4, 0.5) is 0 Å². The van der Waals surface area contributed by atoms with Crippen LogP contribution in [0.15, 0.2) is 23.1 Å². The smallest absolute Gasteiger partial charge is 0.246 e. The lowest BCUT2D eigenvalue weighted by molar-refractivity contribution is 0.00936. The quantitative estimate of drug-likeness (QED) is 0.919. The lowest BCUT2D eigenvalue weighted by Gasteiger charge is -2.36. The van der Waals surface area contributed by atoms with Crippen LogP contribution in [0.1, 0.15) is 25.3 Å². The van der Waals surface area contributed by atoms with Gasteiger partial charge in [0.2, 0.25) is 10.0 Å². The molecule has 0 saturated carbocycles. The summed E-state index contributed by atoms with van der Waals surface area (Å²) < 4.78 is 32.0. The Morgan fingerprint density at radius 2 is 2.10 bits per heavy atom. The van der Waals surface area contributed by atoms with E-state index in [-0.39, 0.29) is 11.4 Å². The number of sulfonamides is 1. The molecule has 0 amide bonds. The van der Waals surface area contributed by atoms with E-state index in [0.29, 0.717) is 25.1 Å². The van der Waals surface area contributed by atoms with Crippen LogP contribution >= 0.6 is 0 Å². The number of rotatable bonds is 3. The second-order valence-electron chi connectivity index (χ2n) is 5.59. The summed E-state index contributed by atoms with van der Waals surface area (Å²) in [6.07, 6.45) is 1.27. The van der Waals surface area contributed by atoms with E-state index in [2.05, 4.69) is 0 Å². The number of β-amino-alcohol motifs (C(OH)–C–C–N with tert-alkyl or cyclic N) is 1. The highest BCUT2D eigenvalue weighted by Gasteiger charge is 2.36. The second-order valence-corrected chi connectivity index (χ2v) is 7.50. The zero-order chi connectivity index (χ0) is 15.0. The lowest BCUT2D eigenvalue weighted by Crippen LogP contribution is -2.48. The third-order valence-corrected chi connectivity index (χ3v) is 5.44. The Hall–Kier alpha value is -1.11. The van der Waals surface area contributed by atoms with Gasteiger partial charge in [0.1, 0.15) is 10.6 Å². The summed E-state index contributed by atoms with van der Waals surface area (Å²) in [7, 11) is -2.20. The first-order valence-corrected chi connectivity index (χ1v) is 8.07. The highest BCUT2D eigenvalue weighted by atomic mass is 32.2. The Morgan fingerprint density at radius 3 is 2.70 bits per heavy atom. The fraction of sp³-hybridized carbons (Fsp3) is 0.571. The largest absolute Gasteiger partial charge is 0.495 e. The summed E-state index contributed by atoms with van der Waals surface area (Å²) in [5.41, 5.74) is -0.115. The molecular weight excluding hydrogens is 278 g/mol. The van der Waals surface area contributed by atoms with Crippen LogP contribution < -0.4 is 4.74 Å². The normalized spacial score (nSPS) is 24.6. The topological polar surface area (TPSA) is 66.8 Å². The van der Waals surface area contributed by atoms with Crippen LogP contribution in [0.3, 0.4) is 0 Å². The van der Waals surface area contributed by atoms with Gasteiger partial charge in [0.15, 0.2) is 0 Å². The summed E-state index contributed by atoms with van der Waals surface area (Å²) in [5, 5.41) is 10.1. The van der Waals surface area contributed by atoms with Crippen molar-refractivity contribution in [1.82, 2.24) is 4.31 Å². The highest BCUT2D eigenvalue weighted by Crippen LogP contribution is 2.31. The fourth-order valence-electron chi connectivity index (χ4n) is 2.50. The minimum absolute atomic E-state index is 0.117. The number of methoxy groups -OCH3 is 1. The number of benzene rings is 1. The summed E-state index contributed by atoms with van der Waals surface area (Å²) in [5.74, 6) is 0.334. The van der Waals surface area contributed by atoms with Crippen LogP contribution in [-0.4, -0.2) is 43.6 Å². The number of hydrogen-bond donors (Lipinski definition) is 1. The Labute approximate surface area is 120 Å². The molecule has 2 rings (SSSR count). The van der Waals surface area contributed by atoms with E-state index in [1.54, 1.807) is 19.1 Å². The minimum Gasteiger partial charge on any atom is -0.495 e. The van der Waals surface area contributed by atoms with Gasteiger partial charge in [-0.25, -0.2) is 8.42 Å². The number of aliphatic hydroxyl groups is 1. The molecule has 0 aromatic heterocycles. The maximum absolute atomic E-state index is 12.7. The van der Waals surface area contributed by atoms with Crippen molar-refractivity contribution in [3.63, 3.8) is 0 Å². The summed E-state index contributed by atoms with van der Waals surface area (Å²) in [6.45, 7) is 4.05. The van der Waals surface area contributed by atoms with Crippen molar-refractivity contribution in [2.75, 3.05) is 20.2 Å². The highest BCUT2D eigenvalue weighted by molar-refractivity contribution is 7.89. The van der Waals surface area contributed by atoms with Gasteiger partial charge in [0.05, 0.1) is 12.7 Å². The van der Waals surface area contributed by atoms with Crippen LogP contribution in [0.5, 0.6) is 5.75 Å². The molecule has 1 heterocycles. The Morgan fingerprint density at radius 1 is 1.40 bits per heavy atom. The molecule has 1 aliphatic heterocycles. The zero-order valence-electron chi connectivity index (χ0n) is 12.1. The van der Waals surface area contributed by atoms with Crippen LogP contribution in [0.25, 0.3) is 0 Å². The Bertz CT molecular complexity index is 595. The first-order valence-electron chi connectivity index (χ1n) is 6.63. The zero-order valence-corrected chi connectivity index (χ0v) is 12.9. The van der Waals surface area contributed by atoms with E-state index in [9.17, 15) is 13.5 Å². The van der Waals surface area contributed by atoms with Gasteiger partial charge >= 0.3 is 0 Å². The lowest BCUT2D eigenvalue weighted by atomic mass is 9.97. The first-order chi connectivity index (χ1) is 9.26. The molecule has 20 heavy (non-hydrogen) atoms. The van der Waals surface area contributed by atoms with E-state index < -0.39 is 15.6 Å². The molecule has 0 aliphatic carbocycles. The van der Waals surface area contributed by atoms with Gasteiger partial charge in [0.25, 0.3) is 0 Å². The van der Waals surface area contributed by atoms with Gasteiger partial charge in [-0.3, -0.25) is 0 Å². The molecule has 6 heteroatoms. The molecule has 1 aliphatic rings. The molecule has 1 unspecified atom stereocenters. The van der Waals surface area contributed by atoms with E-state index in [0.717, 1.165) is 5.56 Å². The van der Waals surface area contributed by atoms with Crippen LogP contribution in [0.2, 0.25) is 0 Å². The predicted molar refractivity (Wildman–Crippen MR) is 76.3 cm³/mol. The first kappa shape index (κ1) is 15.3. The number of hydrogen-bond acceptors (Lipinski definition) is 4. The van der Waals surface area contributed by atoms with Gasteiger partial charge in [-0.15, -0.1) is 0 Å². The molecule has 1 aromatic carbocycles. The van der Waals surface area contributed by atoms with Gasteiger partial charge < -0.3 is 9.84 Å². The third-order valence-electron chi connectivity index (χ3n) is 3.58. The number of aryl methyl sites for hydroxylation is 1. The van der Waals surface area contributed by atoms with Crippen molar-refractivity contribution < 1.29 is 18.3 Å². The van der Waals surface area contributed by atoms with Crippen molar-refractivity contribution in [2.45, 2.75) is 37.2 Å². The molecule has 0 spiro atoms. The molecule has 0 radical (unpaired) electrons. The molecule has 0 bridgehead atoms. The average Bonchev–Trinajstić information content (AvgIpc) is 2.37. The maximum Gasteiger partial charge on any atom is 0.246 e. The maximum atomic E-state index is 12.7. The minimum atomic E-state index is -3.65. The van der Waals surface area contributed by atoms with Gasteiger partial charge in [-0.1, -0.05) is 6.07 Å². The van der Waals surface area contributed by atoms with Gasteiger partial charge in [0, 0.05) is 13.1 Å². The molecule has 1 N–H and O–H groups in total. The van der Waals surface area contributed by atoms with Crippen molar-refractivity contribution >= 4 is 10.0 Å². The van der Waals surface area contributed by atoms with Crippen molar-refractivity contribution in [1.29, 1.82) is 0 Å². The molecule has 1 atom stereocenters. The monoisotopic (exact) mass is 299 g/mol. The van der Waals surface area contributed by atoms with Crippen LogP contribution in [-0.2, 0) is 10.0 Å². The summed E-state index contributed by atoms with van der Waals surface area (Å²) >= 11 is 0. The molecule has 1 saturated heterocycles. The molecule has 112 valence electrons. The number of piperidine rings is 1. The molecular formula is C14H21NO4S. The predicted octanol–water partition coefficient (Wildman–Crippen LogP) is 1.54. The number of ether oxygens (including phenoxy) is 1. The van der Waals surface area contributed by atoms with Crippen molar-refractivity contribution in [2.24, 2.45) is 0 Å². The van der Waals surface area contributed by atoms with Crippen molar-refractivity contribution in [3.05, 3.63) is 23.8 Å². The SMILES string of the molecule is COc1ccc(C)cc1S(=O)(=O)N1CCCC(C)(O)C1. The van der Waals surface area contributed by atoms with Gasteiger partial charge in [-0.2, -0.15) is 4.31 Å². The third kappa shape index (κ3) is 2.97. The number of nitrogens with zero attached hydrogens (tertiary/aromatic N) is 1. The van der Waals surface area contributed by atoms with E-state index in [4.69, 9.17) is 4.74 Å². The Balaban J connectivity index is 2.42. The van der Waals surface area contributed by atoms with E-state index >= 15 is 0 Å². The standard InChI is InChI=1S/C14H21NO4S/c1-11-5-6-12(19-3)13(9-11)20(17,18)15-8-4-7-14(2,16)10-15/h5-6,9,16H,4,7-8,10H2,1-3H3. The summed E-state index contributed by atoms with van der Waals surface area (Å²) in [4.78, 5) is 0.165. The average molecular weight is 299 g/mol.